The Labute approximate surface area is 94.9 Å². The highest BCUT2D eigenvalue weighted by molar-refractivity contribution is 5.78. The summed E-state index contributed by atoms with van der Waals surface area (Å²) in [6, 6.07) is 10.1. The van der Waals surface area contributed by atoms with Gasteiger partial charge in [0, 0.05) is 0 Å². The number of esters is 1. The molecule has 0 aromatic heterocycles. The summed E-state index contributed by atoms with van der Waals surface area (Å²) in [4.78, 5) is 11.4. The number of benzene rings is 1. The molecule has 1 aromatic rings. The average molecular weight is 217 g/mol. The smallest absolute Gasteiger partial charge is 0.313 e. The monoisotopic (exact) mass is 217 g/mol. The van der Waals surface area contributed by atoms with Crippen LogP contribution in [0.2, 0.25) is 0 Å². The maximum atomic E-state index is 11.4. The van der Waals surface area contributed by atoms with E-state index < -0.39 is 0 Å². The molecule has 0 radical (unpaired) electrons. The zero-order valence-electron chi connectivity index (χ0n) is 9.06. The van der Waals surface area contributed by atoms with Crippen molar-refractivity contribution >= 4 is 5.97 Å². The van der Waals surface area contributed by atoms with Gasteiger partial charge in [0.15, 0.2) is 0 Å². The topological polar surface area (TPSA) is 52.3 Å². The lowest BCUT2D eigenvalue weighted by Gasteiger charge is -2.06. The maximum Gasteiger partial charge on any atom is 0.313 e. The van der Waals surface area contributed by atoms with Crippen LogP contribution in [0.5, 0.6) is 0 Å². The Hall–Kier alpha value is -1.77. The first-order chi connectivity index (χ1) is 7.81. The second-order valence-electron chi connectivity index (χ2n) is 3.93. The molecule has 3 heteroatoms. The molecule has 84 valence electrons. The van der Waals surface area contributed by atoms with Gasteiger partial charge in [0.25, 0.3) is 0 Å². The molecule has 1 aliphatic heterocycles. The first kappa shape index (κ1) is 10.7. The quantitative estimate of drug-likeness (QED) is 0.783. The lowest BCUT2D eigenvalue weighted by atomic mass is 9.95. The SMILES string of the molecule is NC=C1COC(=O)C1CCc1ccccc1. The van der Waals surface area contributed by atoms with Gasteiger partial charge in [-0.25, -0.2) is 0 Å². The van der Waals surface area contributed by atoms with Gasteiger partial charge in [-0.3, -0.25) is 4.79 Å². The third-order valence-corrected chi connectivity index (χ3v) is 2.89. The molecule has 0 aliphatic carbocycles. The van der Waals surface area contributed by atoms with E-state index >= 15 is 0 Å². The molecule has 16 heavy (non-hydrogen) atoms. The van der Waals surface area contributed by atoms with Crippen LogP contribution in [0.15, 0.2) is 42.1 Å². The van der Waals surface area contributed by atoms with Crippen molar-refractivity contribution in [2.45, 2.75) is 12.8 Å². The summed E-state index contributed by atoms with van der Waals surface area (Å²) in [7, 11) is 0. The average Bonchev–Trinajstić information content (AvgIpc) is 2.69. The Morgan fingerprint density at radius 3 is 2.81 bits per heavy atom. The number of hydrogen-bond donors (Lipinski definition) is 1. The fourth-order valence-corrected chi connectivity index (χ4v) is 1.93. The number of ether oxygens (including phenoxy) is 1. The summed E-state index contributed by atoms with van der Waals surface area (Å²) in [5.41, 5.74) is 7.60. The van der Waals surface area contributed by atoms with Crippen molar-refractivity contribution in [3.05, 3.63) is 47.7 Å². The van der Waals surface area contributed by atoms with Gasteiger partial charge in [0.1, 0.15) is 6.61 Å². The predicted octanol–water partition coefficient (Wildman–Crippen LogP) is 1.63. The summed E-state index contributed by atoms with van der Waals surface area (Å²) >= 11 is 0. The minimum atomic E-state index is -0.148. The van der Waals surface area contributed by atoms with Crippen LogP contribution in [0.3, 0.4) is 0 Å². The van der Waals surface area contributed by atoms with Gasteiger partial charge in [-0.15, -0.1) is 0 Å². The first-order valence-electron chi connectivity index (χ1n) is 5.42. The molecule has 1 atom stereocenters. The van der Waals surface area contributed by atoms with E-state index in [-0.39, 0.29) is 11.9 Å². The van der Waals surface area contributed by atoms with Crippen molar-refractivity contribution in [2.24, 2.45) is 11.7 Å². The lowest BCUT2D eigenvalue weighted by Crippen LogP contribution is -2.11. The molecule has 0 saturated carbocycles. The second kappa shape index (κ2) is 4.84. The highest BCUT2D eigenvalue weighted by Crippen LogP contribution is 2.25. The lowest BCUT2D eigenvalue weighted by molar-refractivity contribution is -0.141. The number of hydrogen-bond acceptors (Lipinski definition) is 3. The van der Waals surface area contributed by atoms with Crippen molar-refractivity contribution in [3.63, 3.8) is 0 Å². The number of aryl methyl sites for hydroxylation is 1. The van der Waals surface area contributed by atoms with Crippen LogP contribution in [0.1, 0.15) is 12.0 Å². The largest absolute Gasteiger partial charge is 0.461 e. The van der Waals surface area contributed by atoms with Gasteiger partial charge in [-0.2, -0.15) is 0 Å². The molecular formula is C13H15NO2. The number of rotatable bonds is 3. The summed E-state index contributed by atoms with van der Waals surface area (Å²) < 4.78 is 4.97. The van der Waals surface area contributed by atoms with Crippen molar-refractivity contribution in [1.29, 1.82) is 0 Å². The van der Waals surface area contributed by atoms with Gasteiger partial charge >= 0.3 is 5.97 Å². The maximum absolute atomic E-state index is 11.4. The van der Waals surface area contributed by atoms with E-state index in [1.807, 2.05) is 18.2 Å². The number of nitrogens with two attached hydrogens (primary N) is 1. The Morgan fingerprint density at radius 2 is 2.12 bits per heavy atom. The molecule has 1 saturated heterocycles. The van der Waals surface area contributed by atoms with Crippen molar-refractivity contribution in [3.8, 4) is 0 Å². The number of cyclic esters (lactones) is 1. The molecule has 2 rings (SSSR count). The molecule has 1 heterocycles. The summed E-state index contributed by atoms with van der Waals surface area (Å²) in [6.45, 7) is 0.356. The minimum absolute atomic E-state index is 0.146. The molecule has 1 aromatic carbocycles. The van der Waals surface area contributed by atoms with Crippen LogP contribution in [-0.2, 0) is 16.0 Å². The Kier molecular flexibility index (Phi) is 3.25. The molecular weight excluding hydrogens is 202 g/mol. The van der Waals surface area contributed by atoms with Gasteiger partial charge < -0.3 is 10.5 Å². The van der Waals surface area contributed by atoms with Crippen LogP contribution in [0.4, 0.5) is 0 Å². The Bertz CT molecular complexity index is 398. The van der Waals surface area contributed by atoms with Crippen LogP contribution < -0.4 is 5.73 Å². The molecule has 3 nitrogen and oxygen atoms in total. The first-order valence-corrected chi connectivity index (χ1v) is 5.42. The molecule has 1 unspecified atom stereocenters. The molecule has 0 bridgehead atoms. The van der Waals surface area contributed by atoms with Gasteiger partial charge in [0.05, 0.1) is 5.92 Å². The summed E-state index contributed by atoms with van der Waals surface area (Å²) in [6.07, 6.45) is 3.14. The standard InChI is InChI=1S/C13H15NO2/c14-8-11-9-16-13(15)12(11)7-6-10-4-2-1-3-5-10/h1-5,8,12H,6-7,9,14H2. The Balaban J connectivity index is 1.97. The van der Waals surface area contributed by atoms with Gasteiger partial charge in [-0.05, 0) is 30.2 Å². The van der Waals surface area contributed by atoms with Crippen LogP contribution in [-0.4, -0.2) is 12.6 Å². The molecule has 0 spiro atoms. The number of carbonyl (C=O) groups excluding carboxylic acids is 1. The fraction of sp³-hybridized carbons (Fsp3) is 0.308. The van der Waals surface area contributed by atoms with Crippen LogP contribution >= 0.6 is 0 Å². The van der Waals surface area contributed by atoms with E-state index in [9.17, 15) is 4.79 Å². The fourth-order valence-electron chi connectivity index (χ4n) is 1.93. The summed E-state index contributed by atoms with van der Waals surface area (Å²) in [5, 5.41) is 0. The van der Waals surface area contributed by atoms with Crippen molar-refractivity contribution in [2.75, 3.05) is 6.61 Å². The molecule has 2 N–H and O–H groups in total. The second-order valence-corrected chi connectivity index (χ2v) is 3.93. The summed E-state index contributed by atoms with van der Waals surface area (Å²) in [5.74, 6) is -0.294. The van der Waals surface area contributed by atoms with Gasteiger partial charge in [0.2, 0.25) is 0 Å². The number of carbonyl (C=O) groups is 1. The zero-order valence-corrected chi connectivity index (χ0v) is 9.06. The van der Waals surface area contributed by atoms with E-state index in [0.29, 0.717) is 6.61 Å². The van der Waals surface area contributed by atoms with E-state index in [1.54, 1.807) is 0 Å². The highest BCUT2D eigenvalue weighted by atomic mass is 16.5. The molecule has 1 fully saturated rings. The highest BCUT2D eigenvalue weighted by Gasteiger charge is 2.30. The third-order valence-electron chi connectivity index (χ3n) is 2.89. The van der Waals surface area contributed by atoms with E-state index in [1.165, 1.54) is 11.8 Å². The minimum Gasteiger partial charge on any atom is -0.461 e. The molecule has 1 aliphatic rings. The Morgan fingerprint density at radius 1 is 1.38 bits per heavy atom. The van der Waals surface area contributed by atoms with E-state index in [4.69, 9.17) is 10.5 Å². The predicted molar refractivity (Wildman–Crippen MR) is 61.5 cm³/mol. The van der Waals surface area contributed by atoms with Crippen LogP contribution in [0.25, 0.3) is 0 Å². The van der Waals surface area contributed by atoms with Crippen molar-refractivity contribution < 1.29 is 9.53 Å². The van der Waals surface area contributed by atoms with Gasteiger partial charge in [-0.1, -0.05) is 30.3 Å². The van der Waals surface area contributed by atoms with Crippen molar-refractivity contribution in [1.82, 2.24) is 0 Å². The van der Waals surface area contributed by atoms with E-state index in [2.05, 4.69) is 12.1 Å². The molecule has 0 amide bonds. The normalized spacial score (nSPS) is 22.4. The third kappa shape index (κ3) is 2.24. The van der Waals surface area contributed by atoms with E-state index in [0.717, 1.165) is 18.4 Å². The zero-order chi connectivity index (χ0) is 11.4. The van der Waals surface area contributed by atoms with Crippen LogP contribution in [0, 0.1) is 5.92 Å².